The number of benzene rings is 3. The fourth-order valence-corrected chi connectivity index (χ4v) is 5.95. The third-order valence-electron chi connectivity index (χ3n) is 8.46. The van der Waals surface area contributed by atoms with E-state index in [1.54, 1.807) is 24.3 Å². The molecule has 4 aromatic rings. The van der Waals surface area contributed by atoms with Crippen LogP contribution in [0.25, 0.3) is 22.0 Å². The van der Waals surface area contributed by atoms with Crippen LogP contribution in [0.2, 0.25) is 0 Å². The summed E-state index contributed by atoms with van der Waals surface area (Å²) in [6, 6.07) is 17.6. The van der Waals surface area contributed by atoms with Gasteiger partial charge in [0, 0.05) is 17.5 Å². The molecular weight excluding hydrogens is 551 g/mol. The second-order valence-corrected chi connectivity index (χ2v) is 11.6. The lowest BCUT2D eigenvalue weighted by Crippen LogP contribution is -2.48. The molecule has 0 spiro atoms. The number of aliphatic hydroxyl groups excluding tert-OH is 1. The zero-order chi connectivity index (χ0) is 29.5. The maximum Gasteiger partial charge on any atom is 0.292 e. The highest BCUT2D eigenvalue weighted by atomic mass is 19.1. The summed E-state index contributed by atoms with van der Waals surface area (Å²) < 4.78 is 26.4. The minimum absolute atomic E-state index is 0.189. The second kappa shape index (κ2) is 11.4. The van der Waals surface area contributed by atoms with Gasteiger partial charge < -0.3 is 24.8 Å². The molecule has 3 atom stereocenters. The highest BCUT2D eigenvalue weighted by Gasteiger charge is 2.31. The Kier molecular flexibility index (Phi) is 7.32. The Labute approximate surface area is 248 Å². The molecule has 1 amide bonds. The molecule has 1 unspecified atom stereocenters. The van der Waals surface area contributed by atoms with Crippen LogP contribution in [-0.2, 0) is 4.79 Å². The largest absolute Gasteiger partial charge is 0.483 e. The lowest BCUT2D eigenvalue weighted by atomic mass is 9.99. The number of hydrogen-bond acceptors (Lipinski definition) is 7. The van der Waals surface area contributed by atoms with Crippen LogP contribution in [0.5, 0.6) is 11.5 Å². The Morgan fingerprint density at radius 2 is 1.77 bits per heavy atom. The van der Waals surface area contributed by atoms with Crippen LogP contribution >= 0.6 is 0 Å². The van der Waals surface area contributed by atoms with E-state index in [1.807, 2.05) is 30.5 Å². The van der Waals surface area contributed by atoms with Crippen LogP contribution < -0.4 is 14.8 Å². The molecule has 0 radical (unpaired) electrons. The molecule has 3 heterocycles. The van der Waals surface area contributed by atoms with Crippen LogP contribution in [0.15, 0.2) is 66.9 Å². The summed E-state index contributed by atoms with van der Waals surface area (Å²) in [6.07, 6.45) is 3.47. The normalized spacial score (nSPS) is 19.7. The topological polar surface area (TPSA) is 106 Å². The number of likely N-dealkylation sites (tertiary alicyclic amines) is 1. The molecule has 2 aliphatic heterocycles. The van der Waals surface area contributed by atoms with Crippen molar-refractivity contribution in [2.24, 2.45) is 0 Å². The first-order valence-corrected chi connectivity index (χ1v) is 14.8. The Morgan fingerprint density at radius 3 is 2.53 bits per heavy atom. The van der Waals surface area contributed by atoms with Gasteiger partial charge in [0.1, 0.15) is 6.10 Å². The molecule has 10 heteroatoms. The molecule has 0 bridgehead atoms. The highest BCUT2D eigenvalue weighted by molar-refractivity contribution is 6.42. The smallest absolute Gasteiger partial charge is 0.292 e. The number of nitrogens with one attached hydrogen (secondary N) is 1. The number of ether oxygens (including phenoxy) is 2. The van der Waals surface area contributed by atoms with E-state index in [0.717, 1.165) is 60.8 Å². The number of carbonyl (C=O) groups is 2. The molecule has 43 heavy (non-hydrogen) atoms. The monoisotopic (exact) mass is 584 g/mol. The molecule has 7 rings (SSSR count). The third-order valence-corrected chi connectivity index (χ3v) is 8.46. The number of fused-ring (bicyclic) bond motifs is 2. The van der Waals surface area contributed by atoms with Crippen molar-refractivity contribution < 1.29 is 28.6 Å². The number of nitrogens with zero attached hydrogens (tertiary/aromatic N) is 3. The van der Waals surface area contributed by atoms with E-state index >= 15 is 0 Å². The zero-order valence-corrected chi connectivity index (χ0v) is 23.6. The number of aliphatic hydroxyl groups is 1. The Morgan fingerprint density at radius 1 is 1.00 bits per heavy atom. The first-order valence-electron chi connectivity index (χ1n) is 14.8. The van der Waals surface area contributed by atoms with E-state index in [1.165, 1.54) is 6.07 Å². The number of aromatic nitrogens is 2. The average Bonchev–Trinajstić information content (AvgIpc) is 3.57. The third kappa shape index (κ3) is 5.72. The number of rotatable bonds is 9. The van der Waals surface area contributed by atoms with Gasteiger partial charge >= 0.3 is 0 Å². The molecule has 2 fully saturated rings. The van der Waals surface area contributed by atoms with Crippen LogP contribution in [0.1, 0.15) is 53.8 Å². The van der Waals surface area contributed by atoms with Gasteiger partial charge in [-0.1, -0.05) is 42.5 Å². The fraction of sp³-hybridized carbons (Fsp3) is 0.364. The minimum Gasteiger partial charge on any atom is -0.483 e. The van der Waals surface area contributed by atoms with Gasteiger partial charge in [-0.3, -0.25) is 14.3 Å². The quantitative estimate of drug-likeness (QED) is 0.219. The summed E-state index contributed by atoms with van der Waals surface area (Å²) in [4.78, 5) is 28.6. The molecule has 1 saturated carbocycles. The van der Waals surface area contributed by atoms with E-state index < -0.39 is 30.2 Å². The first-order chi connectivity index (χ1) is 20.9. The van der Waals surface area contributed by atoms with Crippen molar-refractivity contribution in [3.05, 3.63) is 78.0 Å². The van der Waals surface area contributed by atoms with Crippen molar-refractivity contribution in [3.8, 4) is 22.6 Å². The molecule has 3 aliphatic rings. The SMILES string of the molecule is O=C(N[C@H](CN1CCCC1)[C@H](O)c1ccc2c(c1)OC(F)CO2)C(=O)c1ccc(-c2ccc3cnn(C4CC4)c3c2)cc1. The maximum atomic E-state index is 13.7. The van der Waals surface area contributed by atoms with Crippen molar-refractivity contribution in [3.63, 3.8) is 0 Å². The molecule has 1 aliphatic carbocycles. The highest BCUT2D eigenvalue weighted by Crippen LogP contribution is 2.38. The number of amides is 1. The van der Waals surface area contributed by atoms with Gasteiger partial charge in [-0.05, 0) is 73.7 Å². The summed E-state index contributed by atoms with van der Waals surface area (Å²) >= 11 is 0. The van der Waals surface area contributed by atoms with Gasteiger partial charge in [0.2, 0.25) is 5.78 Å². The fourth-order valence-electron chi connectivity index (χ4n) is 5.95. The number of hydrogen-bond donors (Lipinski definition) is 2. The lowest BCUT2D eigenvalue weighted by molar-refractivity contribution is -0.118. The predicted octanol–water partition coefficient (Wildman–Crippen LogP) is 4.60. The Hall–Kier alpha value is -4.28. The van der Waals surface area contributed by atoms with Gasteiger partial charge in [0.15, 0.2) is 18.1 Å². The first kappa shape index (κ1) is 27.5. The van der Waals surface area contributed by atoms with Crippen LogP contribution in [0.4, 0.5) is 4.39 Å². The van der Waals surface area contributed by atoms with Gasteiger partial charge in [0.05, 0.1) is 23.8 Å². The second-order valence-electron chi connectivity index (χ2n) is 11.6. The van der Waals surface area contributed by atoms with Crippen LogP contribution in [0, 0.1) is 0 Å². The molecule has 1 saturated heterocycles. The van der Waals surface area contributed by atoms with E-state index in [4.69, 9.17) is 9.47 Å². The standard InChI is InChI=1S/C33H33FN4O5/c34-30-19-42-28-12-9-23(16-29(28)43-30)31(39)26(18-37-13-1-2-14-37)36-33(41)32(40)21-5-3-20(4-6-21)22-7-8-24-17-35-38(25-10-11-25)27(24)15-22/h3-9,12,15-17,25-26,30-31,39H,1-2,10-11,13-14,18-19H2,(H,36,41)/t26-,30?,31-/m1/s1. The van der Waals surface area contributed by atoms with Crippen molar-refractivity contribution >= 4 is 22.6 Å². The van der Waals surface area contributed by atoms with Crippen molar-refractivity contribution in [1.82, 2.24) is 20.0 Å². The van der Waals surface area contributed by atoms with Crippen LogP contribution in [-0.4, -0.2) is 70.1 Å². The van der Waals surface area contributed by atoms with E-state index in [2.05, 4.69) is 26.1 Å². The van der Waals surface area contributed by atoms with Crippen molar-refractivity contribution in [2.75, 3.05) is 26.2 Å². The Balaban J connectivity index is 1.07. The molecule has 222 valence electrons. The number of ketones is 1. The van der Waals surface area contributed by atoms with Gasteiger partial charge in [-0.15, -0.1) is 0 Å². The minimum atomic E-state index is -1.60. The Bertz CT molecular complexity index is 1660. The summed E-state index contributed by atoms with van der Waals surface area (Å²) in [5, 5.41) is 19.7. The molecule has 3 aromatic carbocycles. The molecule has 9 nitrogen and oxygen atoms in total. The number of Topliss-reactive ketones (excluding diaryl/α,β-unsaturated/α-hetero) is 1. The number of carbonyl (C=O) groups excluding carboxylic acids is 2. The maximum absolute atomic E-state index is 13.7. The van der Waals surface area contributed by atoms with Gasteiger partial charge in [-0.25, -0.2) is 0 Å². The summed E-state index contributed by atoms with van der Waals surface area (Å²) in [6.45, 7) is 1.84. The predicted molar refractivity (Wildman–Crippen MR) is 158 cm³/mol. The van der Waals surface area contributed by atoms with Crippen LogP contribution in [0.3, 0.4) is 0 Å². The van der Waals surface area contributed by atoms with E-state index in [-0.39, 0.29) is 17.9 Å². The van der Waals surface area contributed by atoms with Gasteiger partial charge in [-0.2, -0.15) is 9.49 Å². The van der Waals surface area contributed by atoms with Crippen molar-refractivity contribution in [1.29, 1.82) is 0 Å². The summed E-state index contributed by atoms with van der Waals surface area (Å²) in [5.74, 6) is -0.909. The molecule has 1 aromatic heterocycles. The summed E-state index contributed by atoms with van der Waals surface area (Å²) in [5.41, 5.74) is 3.71. The molecular formula is C33H33FN4O5. The van der Waals surface area contributed by atoms with Gasteiger partial charge in [0.25, 0.3) is 12.3 Å². The van der Waals surface area contributed by atoms with E-state index in [0.29, 0.717) is 23.9 Å². The van der Waals surface area contributed by atoms with E-state index in [9.17, 15) is 19.1 Å². The number of alkyl halides is 1. The molecule has 2 N–H and O–H groups in total. The summed E-state index contributed by atoms with van der Waals surface area (Å²) in [7, 11) is 0. The van der Waals surface area contributed by atoms with Crippen molar-refractivity contribution in [2.45, 2.75) is 50.2 Å². The zero-order valence-electron chi connectivity index (χ0n) is 23.6. The number of halogens is 1. The lowest BCUT2D eigenvalue weighted by Gasteiger charge is -2.29. The average molecular weight is 585 g/mol.